The molecule has 0 N–H and O–H groups in total. The molecular formula is C12H10O2S2. The quantitative estimate of drug-likeness (QED) is 0.777. The van der Waals surface area contributed by atoms with Crippen molar-refractivity contribution in [3.05, 3.63) is 46.7 Å². The van der Waals surface area contributed by atoms with E-state index in [9.17, 15) is 4.79 Å². The van der Waals surface area contributed by atoms with Crippen molar-refractivity contribution in [1.29, 1.82) is 0 Å². The van der Waals surface area contributed by atoms with Gasteiger partial charge in [-0.15, -0.1) is 11.3 Å². The summed E-state index contributed by atoms with van der Waals surface area (Å²) in [6.07, 6.45) is 0. The van der Waals surface area contributed by atoms with Gasteiger partial charge in [-0.2, -0.15) is 0 Å². The van der Waals surface area contributed by atoms with Crippen LogP contribution in [-0.2, 0) is 4.74 Å². The van der Waals surface area contributed by atoms with Crippen molar-refractivity contribution in [3.63, 3.8) is 0 Å². The lowest BCUT2D eigenvalue weighted by atomic mass is 10.4. The average molecular weight is 250 g/mol. The SMILES string of the molecule is COC(=O)c1sccc1Sc1ccccc1. The highest BCUT2D eigenvalue weighted by atomic mass is 32.2. The predicted octanol–water partition coefficient (Wildman–Crippen LogP) is 3.69. The second-order valence-electron chi connectivity index (χ2n) is 3.02. The van der Waals surface area contributed by atoms with Gasteiger partial charge in [-0.1, -0.05) is 30.0 Å². The van der Waals surface area contributed by atoms with Crippen molar-refractivity contribution in [2.24, 2.45) is 0 Å². The summed E-state index contributed by atoms with van der Waals surface area (Å²) in [7, 11) is 1.40. The van der Waals surface area contributed by atoms with Crippen LogP contribution in [0.25, 0.3) is 0 Å². The first-order valence-corrected chi connectivity index (χ1v) is 6.39. The normalized spacial score (nSPS) is 10.1. The predicted molar refractivity (Wildman–Crippen MR) is 66.2 cm³/mol. The van der Waals surface area contributed by atoms with Crippen LogP contribution in [0.15, 0.2) is 51.6 Å². The maximum Gasteiger partial charge on any atom is 0.349 e. The van der Waals surface area contributed by atoms with Crippen LogP contribution >= 0.6 is 23.1 Å². The summed E-state index contributed by atoms with van der Waals surface area (Å²) in [5, 5.41) is 1.90. The van der Waals surface area contributed by atoms with Crippen LogP contribution in [0.5, 0.6) is 0 Å². The molecule has 0 aliphatic heterocycles. The molecule has 0 saturated carbocycles. The first-order chi connectivity index (χ1) is 7.81. The van der Waals surface area contributed by atoms with Crippen LogP contribution < -0.4 is 0 Å². The van der Waals surface area contributed by atoms with Crippen LogP contribution in [-0.4, -0.2) is 13.1 Å². The third kappa shape index (κ3) is 2.46. The van der Waals surface area contributed by atoms with Crippen LogP contribution in [0.2, 0.25) is 0 Å². The van der Waals surface area contributed by atoms with Gasteiger partial charge in [-0.05, 0) is 23.6 Å². The molecule has 4 heteroatoms. The number of ether oxygens (including phenoxy) is 1. The van der Waals surface area contributed by atoms with Crippen molar-refractivity contribution >= 4 is 29.1 Å². The van der Waals surface area contributed by atoms with Gasteiger partial charge in [0.2, 0.25) is 0 Å². The van der Waals surface area contributed by atoms with Gasteiger partial charge < -0.3 is 4.74 Å². The van der Waals surface area contributed by atoms with Gasteiger partial charge in [0.1, 0.15) is 4.88 Å². The highest BCUT2D eigenvalue weighted by molar-refractivity contribution is 7.99. The summed E-state index contributed by atoms with van der Waals surface area (Å²) in [6.45, 7) is 0. The van der Waals surface area contributed by atoms with Crippen LogP contribution in [0.3, 0.4) is 0 Å². The van der Waals surface area contributed by atoms with Gasteiger partial charge in [0.15, 0.2) is 0 Å². The maximum atomic E-state index is 11.5. The summed E-state index contributed by atoms with van der Waals surface area (Å²) in [6, 6.07) is 11.9. The molecule has 82 valence electrons. The fourth-order valence-electron chi connectivity index (χ4n) is 1.23. The molecule has 0 atom stereocenters. The fourth-order valence-corrected chi connectivity index (χ4v) is 3.15. The molecule has 0 fully saturated rings. The van der Waals surface area contributed by atoms with Gasteiger partial charge in [0.05, 0.1) is 7.11 Å². The molecule has 0 amide bonds. The van der Waals surface area contributed by atoms with Gasteiger partial charge in [-0.3, -0.25) is 0 Å². The molecule has 2 nitrogen and oxygen atoms in total. The smallest absolute Gasteiger partial charge is 0.349 e. The molecule has 0 radical (unpaired) electrons. The number of esters is 1. The van der Waals surface area contributed by atoms with E-state index in [0.717, 1.165) is 9.79 Å². The highest BCUT2D eigenvalue weighted by Gasteiger charge is 2.14. The molecule has 1 aromatic carbocycles. The molecule has 0 unspecified atom stereocenters. The van der Waals surface area contributed by atoms with Gasteiger partial charge >= 0.3 is 5.97 Å². The van der Waals surface area contributed by atoms with Crippen molar-refractivity contribution in [1.82, 2.24) is 0 Å². The number of thiophene rings is 1. The van der Waals surface area contributed by atoms with Crippen molar-refractivity contribution in [3.8, 4) is 0 Å². The Morgan fingerprint density at radius 3 is 2.69 bits per heavy atom. The lowest BCUT2D eigenvalue weighted by molar-refractivity contribution is 0.0603. The standard InChI is InChI=1S/C12H10O2S2/c1-14-12(13)11-10(7-8-15-11)16-9-5-3-2-4-6-9/h2-8H,1H3. The van der Waals surface area contributed by atoms with Crippen LogP contribution in [0, 0.1) is 0 Å². The number of carbonyl (C=O) groups excluding carboxylic acids is 1. The summed E-state index contributed by atoms with van der Waals surface area (Å²) >= 11 is 2.98. The second-order valence-corrected chi connectivity index (χ2v) is 5.05. The molecule has 1 aromatic heterocycles. The zero-order chi connectivity index (χ0) is 11.4. The number of methoxy groups -OCH3 is 1. The Balaban J connectivity index is 2.22. The monoisotopic (exact) mass is 250 g/mol. The fraction of sp³-hybridized carbons (Fsp3) is 0.0833. The Bertz CT molecular complexity index is 477. The van der Waals surface area contributed by atoms with E-state index < -0.39 is 0 Å². The summed E-state index contributed by atoms with van der Waals surface area (Å²) in [4.78, 5) is 14.2. The molecule has 0 saturated heterocycles. The van der Waals surface area contributed by atoms with Crippen LogP contribution in [0.1, 0.15) is 9.67 Å². The number of benzene rings is 1. The summed E-state index contributed by atoms with van der Waals surface area (Å²) in [5.74, 6) is -0.270. The minimum atomic E-state index is -0.270. The van der Waals surface area contributed by atoms with E-state index in [4.69, 9.17) is 4.74 Å². The summed E-state index contributed by atoms with van der Waals surface area (Å²) in [5.41, 5.74) is 0. The minimum Gasteiger partial charge on any atom is -0.465 e. The van der Waals surface area contributed by atoms with Crippen molar-refractivity contribution < 1.29 is 9.53 Å². The van der Waals surface area contributed by atoms with E-state index in [0.29, 0.717) is 4.88 Å². The van der Waals surface area contributed by atoms with E-state index in [1.807, 2.05) is 41.8 Å². The van der Waals surface area contributed by atoms with E-state index in [2.05, 4.69) is 0 Å². The second kappa shape index (κ2) is 5.18. The molecule has 0 spiro atoms. The van der Waals surface area contributed by atoms with Gasteiger partial charge in [-0.25, -0.2) is 4.79 Å². The van der Waals surface area contributed by atoms with E-state index in [1.165, 1.54) is 18.4 Å². The van der Waals surface area contributed by atoms with E-state index in [1.54, 1.807) is 11.8 Å². The highest BCUT2D eigenvalue weighted by Crippen LogP contribution is 2.33. The number of hydrogen-bond donors (Lipinski definition) is 0. The molecule has 0 aliphatic rings. The third-order valence-corrected chi connectivity index (χ3v) is 4.06. The first-order valence-electron chi connectivity index (χ1n) is 4.70. The summed E-state index contributed by atoms with van der Waals surface area (Å²) < 4.78 is 4.73. The number of hydrogen-bond acceptors (Lipinski definition) is 4. The lowest BCUT2D eigenvalue weighted by Gasteiger charge is -2.01. The Kier molecular flexibility index (Phi) is 3.64. The van der Waals surface area contributed by atoms with Gasteiger partial charge in [0, 0.05) is 9.79 Å². The largest absolute Gasteiger partial charge is 0.465 e. The lowest BCUT2D eigenvalue weighted by Crippen LogP contribution is -1.98. The molecule has 2 aromatic rings. The molecule has 16 heavy (non-hydrogen) atoms. The minimum absolute atomic E-state index is 0.270. The van der Waals surface area contributed by atoms with Crippen molar-refractivity contribution in [2.45, 2.75) is 9.79 Å². The average Bonchev–Trinajstić information content (AvgIpc) is 2.77. The topological polar surface area (TPSA) is 26.3 Å². The first kappa shape index (κ1) is 11.2. The molecule has 2 rings (SSSR count). The zero-order valence-electron chi connectivity index (χ0n) is 8.67. The van der Waals surface area contributed by atoms with Gasteiger partial charge in [0.25, 0.3) is 0 Å². The van der Waals surface area contributed by atoms with E-state index in [-0.39, 0.29) is 5.97 Å². The Morgan fingerprint density at radius 2 is 2.00 bits per heavy atom. The van der Waals surface area contributed by atoms with E-state index >= 15 is 0 Å². The third-order valence-electron chi connectivity index (χ3n) is 1.97. The molecule has 1 heterocycles. The Morgan fingerprint density at radius 1 is 1.25 bits per heavy atom. The zero-order valence-corrected chi connectivity index (χ0v) is 10.3. The Labute approximate surface area is 102 Å². The maximum absolute atomic E-state index is 11.5. The number of carbonyl (C=O) groups is 1. The molecule has 0 aliphatic carbocycles. The van der Waals surface area contributed by atoms with Crippen molar-refractivity contribution in [2.75, 3.05) is 7.11 Å². The molecular weight excluding hydrogens is 240 g/mol. The molecule has 0 bridgehead atoms. The number of rotatable bonds is 3. The Hall–Kier alpha value is -1.26. The van der Waals surface area contributed by atoms with Crippen LogP contribution in [0.4, 0.5) is 0 Å².